The van der Waals surface area contributed by atoms with Crippen LogP contribution in [-0.2, 0) is 4.74 Å². The third kappa shape index (κ3) is 4.32. The molecule has 2 rings (SSSR count). The smallest absolute Gasteiger partial charge is 0.0681 e. The molecule has 2 heteroatoms. The Morgan fingerprint density at radius 1 is 1.25 bits per heavy atom. The molecule has 0 bridgehead atoms. The number of rotatable bonds is 4. The normalized spacial score (nSPS) is 25.4. The lowest BCUT2D eigenvalue weighted by molar-refractivity contribution is -0.0398. The van der Waals surface area contributed by atoms with E-state index in [4.69, 9.17) is 4.74 Å². The van der Waals surface area contributed by atoms with Crippen molar-refractivity contribution in [2.75, 3.05) is 13.2 Å². The van der Waals surface area contributed by atoms with E-state index in [0.29, 0.717) is 17.9 Å². The molecule has 0 spiro atoms. The maximum absolute atomic E-state index is 6.13. The van der Waals surface area contributed by atoms with Gasteiger partial charge in [0.1, 0.15) is 0 Å². The molecule has 112 valence electrons. The second kappa shape index (κ2) is 6.73. The molecular formula is C18H29NO. The van der Waals surface area contributed by atoms with E-state index in [-0.39, 0.29) is 5.54 Å². The van der Waals surface area contributed by atoms with Gasteiger partial charge in [-0.25, -0.2) is 0 Å². The molecule has 0 aliphatic carbocycles. The Morgan fingerprint density at radius 2 is 1.95 bits per heavy atom. The Morgan fingerprint density at radius 3 is 2.60 bits per heavy atom. The maximum Gasteiger partial charge on any atom is 0.0681 e. The topological polar surface area (TPSA) is 21.3 Å². The van der Waals surface area contributed by atoms with Crippen LogP contribution in [0.3, 0.4) is 0 Å². The Hall–Kier alpha value is -0.860. The zero-order valence-electron chi connectivity index (χ0n) is 13.4. The lowest BCUT2D eigenvalue weighted by Crippen LogP contribution is -2.45. The van der Waals surface area contributed by atoms with Gasteiger partial charge in [-0.2, -0.15) is 0 Å². The van der Waals surface area contributed by atoms with Crippen molar-refractivity contribution in [3.63, 3.8) is 0 Å². The van der Waals surface area contributed by atoms with Crippen LogP contribution in [0.1, 0.15) is 52.0 Å². The van der Waals surface area contributed by atoms with Gasteiger partial charge in [0.15, 0.2) is 0 Å². The van der Waals surface area contributed by atoms with Gasteiger partial charge in [-0.05, 0) is 45.1 Å². The van der Waals surface area contributed by atoms with E-state index in [2.05, 4.69) is 63.3 Å². The van der Waals surface area contributed by atoms with Crippen molar-refractivity contribution >= 4 is 0 Å². The molecule has 0 saturated carbocycles. The van der Waals surface area contributed by atoms with Crippen molar-refractivity contribution in [1.29, 1.82) is 0 Å². The Labute approximate surface area is 123 Å². The van der Waals surface area contributed by atoms with Gasteiger partial charge in [0.2, 0.25) is 0 Å². The van der Waals surface area contributed by atoms with Gasteiger partial charge in [0.25, 0.3) is 0 Å². The highest BCUT2D eigenvalue weighted by molar-refractivity contribution is 5.20. The van der Waals surface area contributed by atoms with E-state index in [1.807, 2.05) is 0 Å². The monoisotopic (exact) mass is 275 g/mol. The number of hydrogen-bond acceptors (Lipinski definition) is 2. The van der Waals surface area contributed by atoms with Gasteiger partial charge in [-0.15, -0.1) is 0 Å². The molecule has 1 N–H and O–H groups in total. The van der Waals surface area contributed by atoms with Crippen molar-refractivity contribution in [3.8, 4) is 0 Å². The second-order valence-electron chi connectivity index (χ2n) is 7.07. The van der Waals surface area contributed by atoms with E-state index in [0.717, 1.165) is 13.2 Å². The highest BCUT2D eigenvalue weighted by Crippen LogP contribution is 2.32. The van der Waals surface area contributed by atoms with Crippen LogP contribution >= 0.6 is 0 Å². The standard InChI is InChI=1S/C18H29NO/c1-14(15-9-6-5-7-10-15)17-16(11-8-12-20-17)13-19-18(2,3)4/h5-7,9-10,14,16-17,19H,8,11-13H2,1-4H3. The molecule has 1 aliphatic rings. The molecule has 1 saturated heterocycles. The fourth-order valence-electron chi connectivity index (χ4n) is 3.02. The summed E-state index contributed by atoms with van der Waals surface area (Å²) in [6.45, 7) is 10.9. The van der Waals surface area contributed by atoms with Crippen LogP contribution in [0.5, 0.6) is 0 Å². The summed E-state index contributed by atoms with van der Waals surface area (Å²) < 4.78 is 6.13. The molecule has 1 heterocycles. The summed E-state index contributed by atoms with van der Waals surface area (Å²) in [5.41, 5.74) is 1.57. The SMILES string of the molecule is CC(c1ccccc1)C1OCCCC1CNC(C)(C)C. The van der Waals surface area contributed by atoms with Crippen LogP contribution in [0.2, 0.25) is 0 Å². The van der Waals surface area contributed by atoms with E-state index < -0.39 is 0 Å². The van der Waals surface area contributed by atoms with Gasteiger partial charge in [-0.3, -0.25) is 0 Å². The predicted octanol–water partition coefficient (Wildman–Crippen LogP) is 3.97. The van der Waals surface area contributed by atoms with Crippen LogP contribution in [0.15, 0.2) is 30.3 Å². The molecule has 0 radical (unpaired) electrons. The summed E-state index contributed by atoms with van der Waals surface area (Å²) in [6, 6.07) is 10.8. The number of ether oxygens (including phenoxy) is 1. The van der Waals surface area contributed by atoms with E-state index >= 15 is 0 Å². The first-order valence-corrected chi connectivity index (χ1v) is 7.89. The first-order chi connectivity index (χ1) is 9.47. The lowest BCUT2D eigenvalue weighted by Gasteiger charge is -2.37. The quantitative estimate of drug-likeness (QED) is 0.897. The molecule has 1 aromatic rings. The van der Waals surface area contributed by atoms with Gasteiger partial charge >= 0.3 is 0 Å². The zero-order chi connectivity index (χ0) is 14.6. The number of hydrogen-bond donors (Lipinski definition) is 1. The Balaban J connectivity index is 2.03. The summed E-state index contributed by atoms with van der Waals surface area (Å²) in [4.78, 5) is 0. The van der Waals surface area contributed by atoms with E-state index in [9.17, 15) is 0 Å². The highest BCUT2D eigenvalue weighted by Gasteiger charge is 2.31. The minimum Gasteiger partial charge on any atom is -0.377 e. The highest BCUT2D eigenvalue weighted by atomic mass is 16.5. The molecule has 1 fully saturated rings. The second-order valence-corrected chi connectivity index (χ2v) is 7.07. The summed E-state index contributed by atoms with van der Waals surface area (Å²) in [5, 5.41) is 3.65. The van der Waals surface area contributed by atoms with Gasteiger partial charge in [-0.1, -0.05) is 37.3 Å². The average Bonchev–Trinajstić information content (AvgIpc) is 2.45. The molecule has 2 nitrogen and oxygen atoms in total. The summed E-state index contributed by atoms with van der Waals surface area (Å²) in [7, 11) is 0. The van der Waals surface area contributed by atoms with Crippen LogP contribution in [-0.4, -0.2) is 24.8 Å². The third-order valence-corrected chi connectivity index (χ3v) is 4.21. The largest absolute Gasteiger partial charge is 0.377 e. The van der Waals surface area contributed by atoms with E-state index in [1.54, 1.807) is 0 Å². The summed E-state index contributed by atoms with van der Waals surface area (Å²) in [6.07, 6.45) is 2.79. The Bertz CT molecular complexity index is 396. The maximum atomic E-state index is 6.13. The summed E-state index contributed by atoms with van der Waals surface area (Å²) >= 11 is 0. The fraction of sp³-hybridized carbons (Fsp3) is 0.667. The molecular weight excluding hydrogens is 246 g/mol. The first-order valence-electron chi connectivity index (χ1n) is 7.89. The van der Waals surface area contributed by atoms with Crippen molar-refractivity contribution < 1.29 is 4.74 Å². The molecule has 0 amide bonds. The van der Waals surface area contributed by atoms with Crippen LogP contribution in [0, 0.1) is 5.92 Å². The average molecular weight is 275 g/mol. The molecule has 1 aliphatic heterocycles. The van der Waals surface area contributed by atoms with Crippen molar-refractivity contribution in [3.05, 3.63) is 35.9 Å². The van der Waals surface area contributed by atoms with Gasteiger partial charge in [0.05, 0.1) is 6.10 Å². The number of nitrogens with one attached hydrogen (secondary N) is 1. The molecule has 3 atom stereocenters. The van der Waals surface area contributed by atoms with Crippen LogP contribution in [0.4, 0.5) is 0 Å². The minimum atomic E-state index is 0.179. The van der Waals surface area contributed by atoms with Gasteiger partial charge in [0, 0.05) is 24.6 Å². The van der Waals surface area contributed by atoms with Crippen molar-refractivity contribution in [2.45, 2.75) is 58.1 Å². The minimum absolute atomic E-state index is 0.179. The summed E-state index contributed by atoms with van der Waals surface area (Å²) in [5.74, 6) is 1.07. The molecule has 0 aromatic heterocycles. The first kappa shape index (κ1) is 15.5. The lowest BCUT2D eigenvalue weighted by atomic mass is 9.82. The van der Waals surface area contributed by atoms with Crippen molar-refractivity contribution in [1.82, 2.24) is 5.32 Å². The third-order valence-electron chi connectivity index (χ3n) is 4.21. The Kier molecular flexibility index (Phi) is 5.22. The zero-order valence-corrected chi connectivity index (χ0v) is 13.4. The van der Waals surface area contributed by atoms with Gasteiger partial charge < -0.3 is 10.1 Å². The van der Waals surface area contributed by atoms with Crippen molar-refractivity contribution in [2.24, 2.45) is 5.92 Å². The van der Waals surface area contributed by atoms with E-state index in [1.165, 1.54) is 18.4 Å². The number of benzene rings is 1. The van der Waals surface area contributed by atoms with Crippen LogP contribution < -0.4 is 5.32 Å². The fourth-order valence-corrected chi connectivity index (χ4v) is 3.02. The predicted molar refractivity (Wildman–Crippen MR) is 85.1 cm³/mol. The van der Waals surface area contributed by atoms with Crippen LogP contribution in [0.25, 0.3) is 0 Å². The molecule has 20 heavy (non-hydrogen) atoms. The molecule has 3 unspecified atom stereocenters. The molecule has 1 aromatic carbocycles.